The molecule has 0 aliphatic rings. The Labute approximate surface area is 184 Å². The molecule has 4 rings (SSSR count). The number of anilines is 1. The summed E-state index contributed by atoms with van der Waals surface area (Å²) in [6.45, 7) is 4.00. The molecule has 158 valence electrons. The van der Waals surface area contributed by atoms with E-state index in [-0.39, 0.29) is 11.8 Å². The molecule has 0 amide bonds. The number of hydrogen-bond acceptors (Lipinski definition) is 8. The second-order valence-corrected chi connectivity index (χ2v) is 8.44. The first-order chi connectivity index (χ1) is 15.0. The van der Waals surface area contributed by atoms with Crippen LogP contribution in [-0.2, 0) is 6.42 Å². The van der Waals surface area contributed by atoms with Crippen LogP contribution in [0.25, 0.3) is 10.2 Å². The Morgan fingerprint density at radius 3 is 2.81 bits per heavy atom. The summed E-state index contributed by atoms with van der Waals surface area (Å²) < 4.78 is 5.98. The van der Waals surface area contributed by atoms with E-state index < -0.39 is 0 Å². The van der Waals surface area contributed by atoms with Gasteiger partial charge in [-0.3, -0.25) is 9.78 Å². The zero-order valence-corrected chi connectivity index (χ0v) is 18.4. The van der Waals surface area contributed by atoms with E-state index in [1.807, 2.05) is 50.2 Å². The van der Waals surface area contributed by atoms with E-state index in [2.05, 4.69) is 25.3 Å². The van der Waals surface area contributed by atoms with Crippen LogP contribution in [0.15, 0.2) is 48.7 Å². The maximum absolute atomic E-state index is 13.1. The van der Waals surface area contributed by atoms with Gasteiger partial charge in [0.25, 0.3) is 0 Å². The van der Waals surface area contributed by atoms with Crippen molar-refractivity contribution in [2.24, 2.45) is 0 Å². The maximum atomic E-state index is 13.1. The molecule has 4 aromatic rings. The molecule has 1 N–H and O–H groups in total. The van der Waals surface area contributed by atoms with Crippen molar-refractivity contribution < 1.29 is 9.53 Å². The summed E-state index contributed by atoms with van der Waals surface area (Å²) >= 11 is 1.54. The maximum Gasteiger partial charge on any atom is 0.224 e. The first-order valence-electron chi connectivity index (χ1n) is 10.0. The van der Waals surface area contributed by atoms with Gasteiger partial charge in [-0.25, -0.2) is 15.0 Å². The fourth-order valence-electron chi connectivity index (χ4n) is 3.27. The number of thiophene rings is 1. The Bertz CT molecular complexity index is 1210. The fraction of sp³-hybridized carbons (Fsp3) is 0.261. The number of aryl methyl sites for hydroxylation is 2. The van der Waals surface area contributed by atoms with Gasteiger partial charge in [0.2, 0.25) is 11.8 Å². The molecule has 4 aromatic heterocycles. The molecule has 4 heterocycles. The molecule has 0 radical (unpaired) electrons. The highest BCUT2D eigenvalue weighted by atomic mass is 32.1. The third-order valence-electron chi connectivity index (χ3n) is 4.83. The third kappa shape index (κ3) is 4.86. The van der Waals surface area contributed by atoms with E-state index in [4.69, 9.17) is 4.74 Å². The van der Waals surface area contributed by atoms with E-state index in [1.165, 1.54) is 11.3 Å². The lowest BCUT2D eigenvalue weighted by atomic mass is 10.1. The number of fused-ring (bicyclic) bond motifs is 1. The SMILES string of the molecule is COc1cccc(CCC(=O)c2nc(N[C@@H](C)c3ccccn3)nc3cc(C)sc23)n1. The Kier molecular flexibility index (Phi) is 6.18. The van der Waals surface area contributed by atoms with Crippen molar-refractivity contribution in [3.05, 3.63) is 70.6 Å². The molecular weight excluding hydrogens is 410 g/mol. The number of carbonyl (C=O) groups excluding carboxylic acids is 1. The van der Waals surface area contributed by atoms with E-state index in [0.717, 1.165) is 26.5 Å². The van der Waals surface area contributed by atoms with Crippen molar-refractivity contribution in [2.75, 3.05) is 12.4 Å². The van der Waals surface area contributed by atoms with Crippen molar-refractivity contribution in [1.29, 1.82) is 0 Å². The normalized spacial score (nSPS) is 12.0. The summed E-state index contributed by atoms with van der Waals surface area (Å²) in [5.74, 6) is 0.928. The minimum absolute atomic E-state index is 0.0348. The van der Waals surface area contributed by atoms with Crippen molar-refractivity contribution in [3.8, 4) is 5.88 Å². The molecule has 0 fully saturated rings. The molecule has 0 bridgehead atoms. The lowest BCUT2D eigenvalue weighted by Gasteiger charge is -2.14. The van der Waals surface area contributed by atoms with Crippen LogP contribution in [0.4, 0.5) is 5.95 Å². The molecule has 0 aromatic carbocycles. The average Bonchev–Trinajstić information content (AvgIpc) is 3.17. The predicted octanol–water partition coefficient (Wildman–Crippen LogP) is 4.79. The van der Waals surface area contributed by atoms with E-state index in [9.17, 15) is 4.79 Å². The minimum Gasteiger partial charge on any atom is -0.481 e. The van der Waals surface area contributed by atoms with Gasteiger partial charge in [0.05, 0.1) is 29.1 Å². The van der Waals surface area contributed by atoms with Crippen molar-refractivity contribution >= 4 is 33.3 Å². The topological polar surface area (TPSA) is 89.9 Å². The number of nitrogens with zero attached hydrogens (tertiary/aromatic N) is 4. The summed E-state index contributed by atoms with van der Waals surface area (Å²) in [5.41, 5.74) is 2.91. The van der Waals surface area contributed by atoms with E-state index in [1.54, 1.807) is 19.4 Å². The Balaban J connectivity index is 1.59. The van der Waals surface area contributed by atoms with Gasteiger partial charge in [-0.2, -0.15) is 0 Å². The van der Waals surface area contributed by atoms with Gasteiger partial charge >= 0.3 is 0 Å². The molecule has 0 spiro atoms. The third-order valence-corrected chi connectivity index (χ3v) is 5.88. The van der Waals surface area contributed by atoms with Crippen LogP contribution in [0.3, 0.4) is 0 Å². The van der Waals surface area contributed by atoms with Crippen LogP contribution in [0.2, 0.25) is 0 Å². The number of carbonyl (C=O) groups is 1. The summed E-state index contributed by atoms with van der Waals surface area (Å²) in [6, 6.07) is 13.2. The summed E-state index contributed by atoms with van der Waals surface area (Å²) in [7, 11) is 1.58. The van der Waals surface area contributed by atoms with Crippen LogP contribution in [0.5, 0.6) is 5.88 Å². The highest BCUT2D eigenvalue weighted by Crippen LogP contribution is 2.29. The number of hydrogen-bond donors (Lipinski definition) is 1. The van der Waals surface area contributed by atoms with Gasteiger partial charge < -0.3 is 10.1 Å². The molecule has 1 atom stereocenters. The van der Waals surface area contributed by atoms with Crippen LogP contribution < -0.4 is 10.1 Å². The standard InChI is InChI=1S/C23H23N5O2S/c1-14-13-18-22(31-14)21(19(29)11-10-16-7-6-9-20(26-16)30-3)28-23(27-18)25-15(2)17-8-4-5-12-24-17/h4-9,12-13,15H,10-11H2,1-3H3,(H,25,27,28)/t15-/m0/s1. The van der Waals surface area contributed by atoms with Gasteiger partial charge in [-0.15, -0.1) is 11.3 Å². The summed E-state index contributed by atoms with van der Waals surface area (Å²) in [6.07, 6.45) is 2.57. The molecule has 0 unspecified atom stereocenters. The average molecular weight is 434 g/mol. The molecular formula is C23H23N5O2S. The van der Waals surface area contributed by atoms with Gasteiger partial charge in [-0.05, 0) is 44.5 Å². The van der Waals surface area contributed by atoms with Crippen molar-refractivity contribution in [3.63, 3.8) is 0 Å². The first-order valence-corrected chi connectivity index (χ1v) is 10.8. The van der Waals surface area contributed by atoms with E-state index >= 15 is 0 Å². The summed E-state index contributed by atoms with van der Waals surface area (Å²) in [5, 5.41) is 3.28. The molecule has 7 nitrogen and oxygen atoms in total. The van der Waals surface area contributed by atoms with Gasteiger partial charge in [-0.1, -0.05) is 12.1 Å². The van der Waals surface area contributed by atoms with Gasteiger partial charge in [0, 0.05) is 29.3 Å². The molecule has 0 saturated carbocycles. The number of ether oxygens (including phenoxy) is 1. The fourth-order valence-corrected chi connectivity index (χ4v) is 4.23. The second-order valence-electron chi connectivity index (χ2n) is 7.18. The molecule has 31 heavy (non-hydrogen) atoms. The van der Waals surface area contributed by atoms with Gasteiger partial charge in [0.15, 0.2) is 5.78 Å². The molecule has 0 aliphatic carbocycles. The minimum atomic E-state index is -0.0951. The molecule has 0 aliphatic heterocycles. The smallest absolute Gasteiger partial charge is 0.224 e. The summed E-state index contributed by atoms with van der Waals surface area (Å²) in [4.78, 5) is 32.2. The lowest BCUT2D eigenvalue weighted by Crippen LogP contribution is -2.13. The number of Topliss-reactive ketones (excluding diaryl/α,β-unsaturated/α-hetero) is 1. The lowest BCUT2D eigenvalue weighted by molar-refractivity contribution is 0.0979. The van der Waals surface area contributed by atoms with Crippen LogP contribution >= 0.6 is 11.3 Å². The van der Waals surface area contributed by atoms with Gasteiger partial charge in [0.1, 0.15) is 5.69 Å². The zero-order valence-electron chi connectivity index (χ0n) is 17.6. The highest BCUT2D eigenvalue weighted by molar-refractivity contribution is 7.19. The number of aromatic nitrogens is 4. The number of ketones is 1. The van der Waals surface area contributed by atoms with Crippen molar-refractivity contribution in [1.82, 2.24) is 19.9 Å². The zero-order chi connectivity index (χ0) is 21.8. The Hall–Kier alpha value is -3.39. The van der Waals surface area contributed by atoms with Crippen LogP contribution in [-0.4, -0.2) is 32.8 Å². The second kappa shape index (κ2) is 9.18. The monoisotopic (exact) mass is 433 g/mol. The Morgan fingerprint density at radius 1 is 1.16 bits per heavy atom. The highest BCUT2D eigenvalue weighted by Gasteiger charge is 2.19. The quantitative estimate of drug-likeness (QED) is 0.400. The van der Waals surface area contributed by atoms with Crippen LogP contribution in [0.1, 0.15) is 46.1 Å². The number of methoxy groups -OCH3 is 1. The first kappa shape index (κ1) is 20.9. The number of pyridine rings is 2. The molecule has 0 saturated heterocycles. The van der Waals surface area contributed by atoms with E-state index in [0.29, 0.717) is 30.4 Å². The van der Waals surface area contributed by atoms with Crippen LogP contribution in [0, 0.1) is 6.92 Å². The largest absolute Gasteiger partial charge is 0.481 e. The predicted molar refractivity (Wildman–Crippen MR) is 122 cm³/mol. The number of rotatable bonds is 8. The Morgan fingerprint density at radius 2 is 2.03 bits per heavy atom. The number of nitrogens with one attached hydrogen (secondary N) is 1. The van der Waals surface area contributed by atoms with Crippen molar-refractivity contribution in [2.45, 2.75) is 32.7 Å². The molecule has 8 heteroatoms.